The summed E-state index contributed by atoms with van der Waals surface area (Å²) in [5.41, 5.74) is 6.91. The van der Waals surface area contributed by atoms with Crippen molar-refractivity contribution in [1.29, 1.82) is 0 Å². The van der Waals surface area contributed by atoms with Gasteiger partial charge in [-0.25, -0.2) is 0 Å². The molecule has 1 heterocycles. The molecule has 7 heteroatoms. The fraction of sp³-hybridized carbons (Fsp3) is 0.385. The van der Waals surface area contributed by atoms with E-state index in [2.05, 4.69) is 0 Å². The van der Waals surface area contributed by atoms with Crippen molar-refractivity contribution >= 4 is 41.5 Å². The lowest BCUT2D eigenvalue weighted by atomic mass is 10.0. The molecule has 2 N–H and O–H groups in total. The molecule has 2 amide bonds. The number of alkyl halides is 1. The number of benzene rings is 1. The van der Waals surface area contributed by atoms with E-state index in [9.17, 15) is 9.59 Å². The van der Waals surface area contributed by atoms with Crippen LogP contribution in [0.2, 0.25) is 0 Å². The smallest absolute Gasteiger partial charge is 0.255 e. The molecule has 0 saturated carbocycles. The Kier molecular flexibility index (Phi) is 6.10. The van der Waals surface area contributed by atoms with Crippen molar-refractivity contribution in [2.24, 2.45) is 5.73 Å². The van der Waals surface area contributed by atoms with E-state index in [0.717, 1.165) is 24.1 Å². The second-order valence-electron chi connectivity index (χ2n) is 4.33. The first-order valence-electron chi connectivity index (χ1n) is 6.02. The number of carbonyl (C=O) groups excluding carboxylic acids is 2. The molecule has 0 bridgehead atoms. The lowest BCUT2D eigenvalue weighted by Crippen LogP contribution is -2.36. The lowest BCUT2D eigenvalue weighted by molar-refractivity contribution is -0.120. The number of rotatable bonds is 4. The van der Waals surface area contributed by atoms with Crippen LogP contribution in [0.25, 0.3) is 0 Å². The minimum Gasteiger partial charge on any atom is -0.484 e. The topological polar surface area (TPSA) is 72.6 Å². The molecule has 0 saturated heterocycles. The van der Waals surface area contributed by atoms with Crippen molar-refractivity contribution in [3.8, 4) is 5.75 Å². The Labute approximate surface area is 128 Å². The molecule has 20 heavy (non-hydrogen) atoms. The van der Waals surface area contributed by atoms with Crippen molar-refractivity contribution in [3.63, 3.8) is 0 Å². The summed E-state index contributed by atoms with van der Waals surface area (Å²) in [6.07, 6.45) is 1.75. The van der Waals surface area contributed by atoms with E-state index in [4.69, 9.17) is 22.1 Å². The van der Waals surface area contributed by atoms with Gasteiger partial charge in [0.1, 0.15) is 11.6 Å². The molecule has 0 radical (unpaired) electrons. The highest BCUT2D eigenvalue weighted by molar-refractivity contribution is 6.29. The molecule has 5 nitrogen and oxygen atoms in total. The van der Waals surface area contributed by atoms with E-state index in [1.54, 1.807) is 11.0 Å². The molecule has 0 spiro atoms. The standard InChI is InChI=1S/C13H15ClN2O3.ClH/c14-7-13(18)16-5-1-2-9-6-10(3-4-11(9)16)19-8-12(15)17;/h3-4,6H,1-2,5,7-8H2,(H2,15,17);1H. The molecule has 2 rings (SSSR count). The van der Waals surface area contributed by atoms with Gasteiger partial charge in [-0.1, -0.05) is 0 Å². The molecule has 0 aliphatic carbocycles. The van der Waals surface area contributed by atoms with Crippen LogP contribution in [-0.4, -0.2) is 30.8 Å². The van der Waals surface area contributed by atoms with Crippen LogP contribution in [-0.2, 0) is 16.0 Å². The number of amides is 2. The molecule has 0 atom stereocenters. The first-order chi connectivity index (χ1) is 9.11. The first kappa shape index (κ1) is 16.6. The van der Waals surface area contributed by atoms with E-state index in [0.29, 0.717) is 12.3 Å². The Bertz CT molecular complexity index is 508. The monoisotopic (exact) mass is 318 g/mol. The fourth-order valence-electron chi connectivity index (χ4n) is 2.15. The number of carbonyl (C=O) groups is 2. The Morgan fingerprint density at radius 3 is 2.80 bits per heavy atom. The molecule has 1 aromatic rings. The van der Waals surface area contributed by atoms with Gasteiger partial charge in [-0.15, -0.1) is 24.0 Å². The molecule has 0 aromatic heterocycles. The Morgan fingerprint density at radius 1 is 1.40 bits per heavy atom. The van der Waals surface area contributed by atoms with Gasteiger partial charge >= 0.3 is 0 Å². The van der Waals surface area contributed by atoms with Crippen LogP contribution in [0, 0.1) is 0 Å². The minimum absolute atomic E-state index is 0. The average Bonchev–Trinajstić information content (AvgIpc) is 2.43. The molecule has 0 fully saturated rings. The second-order valence-corrected chi connectivity index (χ2v) is 4.60. The normalized spacial score (nSPS) is 13.2. The van der Waals surface area contributed by atoms with Crippen LogP contribution >= 0.6 is 24.0 Å². The van der Waals surface area contributed by atoms with Crippen LogP contribution in [0.5, 0.6) is 5.75 Å². The van der Waals surface area contributed by atoms with E-state index in [-0.39, 0.29) is 30.8 Å². The van der Waals surface area contributed by atoms with Gasteiger partial charge in [0.15, 0.2) is 6.61 Å². The van der Waals surface area contributed by atoms with Crippen LogP contribution in [0.3, 0.4) is 0 Å². The zero-order chi connectivity index (χ0) is 13.8. The summed E-state index contributed by atoms with van der Waals surface area (Å²) in [6, 6.07) is 5.38. The van der Waals surface area contributed by atoms with E-state index in [1.165, 1.54) is 0 Å². The second kappa shape index (κ2) is 7.36. The quantitative estimate of drug-likeness (QED) is 0.855. The highest BCUT2D eigenvalue weighted by Crippen LogP contribution is 2.30. The first-order valence-corrected chi connectivity index (χ1v) is 6.55. The van der Waals surface area contributed by atoms with Crippen molar-refractivity contribution in [3.05, 3.63) is 23.8 Å². The zero-order valence-corrected chi connectivity index (χ0v) is 12.4. The number of hydrogen-bond donors (Lipinski definition) is 1. The Morgan fingerprint density at radius 2 is 2.15 bits per heavy atom. The van der Waals surface area contributed by atoms with Crippen LogP contribution in [0.4, 0.5) is 5.69 Å². The summed E-state index contributed by atoms with van der Waals surface area (Å²) < 4.78 is 5.25. The SMILES string of the molecule is Cl.NC(=O)COc1ccc2c(c1)CCCN2C(=O)CCl. The fourth-order valence-corrected chi connectivity index (χ4v) is 2.29. The van der Waals surface area contributed by atoms with Crippen LogP contribution < -0.4 is 15.4 Å². The summed E-state index contributed by atoms with van der Waals surface area (Å²) >= 11 is 5.60. The molecule has 1 aliphatic heterocycles. The summed E-state index contributed by atoms with van der Waals surface area (Å²) in [5.74, 6) is -0.0675. The van der Waals surface area contributed by atoms with Gasteiger partial charge < -0.3 is 15.4 Å². The summed E-state index contributed by atoms with van der Waals surface area (Å²) in [7, 11) is 0. The number of hydrogen-bond acceptors (Lipinski definition) is 3. The molecule has 110 valence electrons. The van der Waals surface area contributed by atoms with Gasteiger partial charge in [0.2, 0.25) is 5.91 Å². The Balaban J connectivity index is 0.00000200. The van der Waals surface area contributed by atoms with Crippen molar-refractivity contribution < 1.29 is 14.3 Å². The predicted octanol–water partition coefficient (Wildman–Crippen LogP) is 1.49. The summed E-state index contributed by atoms with van der Waals surface area (Å²) in [5, 5.41) is 0. The van der Waals surface area contributed by atoms with Gasteiger partial charge in [-0.05, 0) is 36.6 Å². The Hall–Kier alpha value is -1.46. The molecule has 1 aliphatic rings. The number of nitrogens with zero attached hydrogens (tertiary/aromatic N) is 1. The maximum Gasteiger partial charge on any atom is 0.255 e. The largest absolute Gasteiger partial charge is 0.484 e. The lowest BCUT2D eigenvalue weighted by Gasteiger charge is -2.29. The molecule has 1 aromatic carbocycles. The minimum atomic E-state index is -0.517. The van der Waals surface area contributed by atoms with Gasteiger partial charge in [0.25, 0.3) is 5.91 Å². The third-order valence-electron chi connectivity index (χ3n) is 2.97. The number of aryl methyl sites for hydroxylation is 1. The average molecular weight is 319 g/mol. The third kappa shape index (κ3) is 3.77. The van der Waals surface area contributed by atoms with Gasteiger partial charge in [0, 0.05) is 12.2 Å². The van der Waals surface area contributed by atoms with Gasteiger partial charge in [-0.2, -0.15) is 0 Å². The molecule has 0 unspecified atom stereocenters. The van der Waals surface area contributed by atoms with E-state index >= 15 is 0 Å². The number of nitrogens with two attached hydrogens (primary N) is 1. The molecular weight excluding hydrogens is 303 g/mol. The van der Waals surface area contributed by atoms with Crippen LogP contribution in [0.1, 0.15) is 12.0 Å². The van der Waals surface area contributed by atoms with Gasteiger partial charge in [-0.3, -0.25) is 9.59 Å². The number of halogens is 2. The maximum atomic E-state index is 11.7. The van der Waals surface area contributed by atoms with Crippen molar-refractivity contribution in [2.45, 2.75) is 12.8 Å². The number of ether oxygens (including phenoxy) is 1. The third-order valence-corrected chi connectivity index (χ3v) is 3.19. The highest BCUT2D eigenvalue weighted by atomic mass is 35.5. The summed E-state index contributed by atoms with van der Waals surface area (Å²) in [6.45, 7) is 0.531. The number of fused-ring (bicyclic) bond motifs is 1. The number of anilines is 1. The van der Waals surface area contributed by atoms with Crippen molar-refractivity contribution in [2.75, 3.05) is 23.9 Å². The van der Waals surface area contributed by atoms with Crippen LogP contribution in [0.15, 0.2) is 18.2 Å². The van der Waals surface area contributed by atoms with E-state index in [1.807, 2.05) is 12.1 Å². The molecular formula is C13H16Cl2N2O3. The van der Waals surface area contributed by atoms with Crippen molar-refractivity contribution in [1.82, 2.24) is 0 Å². The maximum absolute atomic E-state index is 11.7. The summed E-state index contributed by atoms with van der Waals surface area (Å²) in [4.78, 5) is 24.1. The van der Waals surface area contributed by atoms with E-state index < -0.39 is 5.91 Å². The number of primary amides is 1. The highest BCUT2D eigenvalue weighted by Gasteiger charge is 2.22. The predicted molar refractivity (Wildman–Crippen MR) is 79.8 cm³/mol. The van der Waals surface area contributed by atoms with Gasteiger partial charge in [0.05, 0.1) is 0 Å². The zero-order valence-electron chi connectivity index (χ0n) is 10.8.